The molecule has 0 heterocycles. The molecule has 2 aromatic carbocycles. The Kier molecular flexibility index (Phi) is 6.98. The number of nitriles is 1. The predicted molar refractivity (Wildman–Crippen MR) is 92.8 cm³/mol. The fraction of sp³-hybridized carbons (Fsp3) is 0.158. The largest absolute Gasteiger partial charge is 0.490 e. The van der Waals surface area contributed by atoms with E-state index in [-0.39, 0.29) is 29.4 Å². The van der Waals surface area contributed by atoms with Gasteiger partial charge in [-0.05, 0) is 42.8 Å². The summed E-state index contributed by atoms with van der Waals surface area (Å²) in [6, 6.07) is 8.06. The average molecular weight is 394 g/mol. The lowest BCUT2D eigenvalue weighted by atomic mass is 10.1. The van der Waals surface area contributed by atoms with Gasteiger partial charge in [0.05, 0.1) is 12.3 Å². The molecule has 28 heavy (non-hydrogen) atoms. The Morgan fingerprint density at radius 2 is 1.96 bits per heavy atom. The van der Waals surface area contributed by atoms with Crippen LogP contribution in [0.5, 0.6) is 11.5 Å². The molecule has 0 fully saturated rings. The lowest BCUT2D eigenvalue weighted by Gasteiger charge is -2.12. The fourth-order valence-corrected chi connectivity index (χ4v) is 2.17. The van der Waals surface area contributed by atoms with E-state index in [4.69, 9.17) is 4.74 Å². The van der Waals surface area contributed by atoms with Crippen molar-refractivity contribution in [2.45, 2.75) is 13.5 Å². The summed E-state index contributed by atoms with van der Waals surface area (Å²) in [4.78, 5) is 12.2. The first-order valence-electron chi connectivity index (χ1n) is 7.94. The number of hydrogen-bond acceptors (Lipinski definition) is 4. The number of benzene rings is 2. The quantitative estimate of drug-likeness (QED) is 0.426. The zero-order chi connectivity index (χ0) is 20.7. The van der Waals surface area contributed by atoms with Crippen LogP contribution in [0, 0.1) is 23.0 Å². The Hall–Kier alpha value is -3.54. The summed E-state index contributed by atoms with van der Waals surface area (Å²) in [6.07, 6.45) is 1.16. The van der Waals surface area contributed by atoms with E-state index in [0.29, 0.717) is 6.07 Å². The van der Waals surface area contributed by atoms with Gasteiger partial charge in [0.15, 0.2) is 11.5 Å². The van der Waals surface area contributed by atoms with E-state index in [9.17, 15) is 27.6 Å². The number of alkyl halides is 2. The highest BCUT2D eigenvalue weighted by atomic mass is 19.3. The highest BCUT2D eigenvalue weighted by Crippen LogP contribution is 2.30. The highest BCUT2D eigenvalue weighted by Gasteiger charge is 2.15. The van der Waals surface area contributed by atoms with Crippen LogP contribution in [-0.4, -0.2) is 19.1 Å². The molecule has 146 valence electrons. The maximum absolute atomic E-state index is 13.6. The molecule has 0 aliphatic carbocycles. The average Bonchev–Trinajstić information content (AvgIpc) is 2.63. The lowest BCUT2D eigenvalue weighted by Crippen LogP contribution is -2.14. The zero-order valence-electron chi connectivity index (χ0n) is 14.5. The van der Waals surface area contributed by atoms with Gasteiger partial charge in [-0.25, -0.2) is 8.78 Å². The van der Waals surface area contributed by atoms with Crippen molar-refractivity contribution in [3.63, 3.8) is 0 Å². The molecule has 1 N–H and O–H groups in total. The summed E-state index contributed by atoms with van der Waals surface area (Å²) in [5.74, 6) is -2.96. The molecule has 0 aromatic heterocycles. The molecule has 2 aromatic rings. The number of halogens is 4. The van der Waals surface area contributed by atoms with Crippen LogP contribution in [0.15, 0.2) is 42.0 Å². The molecule has 0 atom stereocenters. The van der Waals surface area contributed by atoms with E-state index in [1.54, 1.807) is 13.0 Å². The summed E-state index contributed by atoms with van der Waals surface area (Å²) in [5, 5.41) is 11.4. The van der Waals surface area contributed by atoms with Gasteiger partial charge < -0.3 is 14.8 Å². The van der Waals surface area contributed by atoms with Crippen LogP contribution >= 0.6 is 0 Å². The van der Waals surface area contributed by atoms with Crippen LogP contribution < -0.4 is 14.8 Å². The number of nitrogens with one attached hydrogen (secondary N) is 1. The third-order valence-electron chi connectivity index (χ3n) is 3.34. The van der Waals surface area contributed by atoms with Crippen LogP contribution in [0.3, 0.4) is 0 Å². The monoisotopic (exact) mass is 394 g/mol. The maximum atomic E-state index is 13.6. The van der Waals surface area contributed by atoms with Crippen molar-refractivity contribution >= 4 is 17.7 Å². The van der Waals surface area contributed by atoms with Crippen molar-refractivity contribution in [3.05, 3.63) is 59.2 Å². The molecule has 0 aliphatic heterocycles. The van der Waals surface area contributed by atoms with E-state index in [0.717, 1.165) is 18.2 Å². The second-order valence-corrected chi connectivity index (χ2v) is 5.27. The molecule has 5 nitrogen and oxygen atoms in total. The molecule has 0 radical (unpaired) electrons. The topological polar surface area (TPSA) is 71.3 Å². The van der Waals surface area contributed by atoms with Crippen LogP contribution in [0.4, 0.5) is 23.2 Å². The molecule has 1 amide bonds. The number of amides is 1. The van der Waals surface area contributed by atoms with Crippen LogP contribution in [-0.2, 0) is 4.79 Å². The molecule has 9 heteroatoms. The number of carbonyl (C=O) groups excluding carboxylic acids is 1. The molecule has 0 spiro atoms. The van der Waals surface area contributed by atoms with E-state index in [1.165, 1.54) is 18.2 Å². The fourth-order valence-electron chi connectivity index (χ4n) is 2.17. The first-order chi connectivity index (χ1) is 13.3. The van der Waals surface area contributed by atoms with Crippen LogP contribution in [0.1, 0.15) is 12.5 Å². The summed E-state index contributed by atoms with van der Waals surface area (Å²) in [5.41, 5.74) is -0.409. The zero-order valence-corrected chi connectivity index (χ0v) is 14.5. The molecule has 0 saturated heterocycles. The predicted octanol–water partition coefficient (Wildman–Crippen LogP) is 4.51. The molecular formula is C19H14F4N2O3. The van der Waals surface area contributed by atoms with Crippen molar-refractivity contribution in [2.24, 2.45) is 0 Å². The van der Waals surface area contributed by atoms with Crippen molar-refractivity contribution in [1.29, 1.82) is 5.26 Å². The third kappa shape index (κ3) is 5.48. The normalized spacial score (nSPS) is 11.1. The van der Waals surface area contributed by atoms with Gasteiger partial charge in [0.2, 0.25) is 0 Å². The number of anilines is 1. The minimum atomic E-state index is -3.05. The SMILES string of the molecule is CCOc1cc(/C=C(\C#N)C(=O)Nc2ccc(F)cc2F)ccc1OC(F)F. The van der Waals surface area contributed by atoms with Gasteiger partial charge in [0.1, 0.15) is 23.3 Å². The minimum Gasteiger partial charge on any atom is -0.490 e. The van der Waals surface area contributed by atoms with Crippen molar-refractivity contribution in [2.75, 3.05) is 11.9 Å². The van der Waals surface area contributed by atoms with E-state index < -0.39 is 29.7 Å². The van der Waals surface area contributed by atoms with Crippen molar-refractivity contribution < 1.29 is 31.8 Å². The van der Waals surface area contributed by atoms with Gasteiger partial charge in [0.25, 0.3) is 5.91 Å². The minimum absolute atomic E-state index is 0.00109. The molecule has 2 rings (SSSR count). The Morgan fingerprint density at radius 3 is 2.57 bits per heavy atom. The van der Waals surface area contributed by atoms with Gasteiger partial charge >= 0.3 is 6.61 Å². The van der Waals surface area contributed by atoms with Crippen LogP contribution in [0.2, 0.25) is 0 Å². The van der Waals surface area contributed by atoms with Gasteiger partial charge in [-0.3, -0.25) is 4.79 Å². The second-order valence-electron chi connectivity index (χ2n) is 5.27. The standard InChI is InChI=1S/C19H14F4N2O3/c1-2-27-17-8-11(3-6-16(17)28-19(22)23)7-12(10-24)18(26)25-15-5-4-13(20)9-14(15)21/h3-9,19H,2H2,1H3,(H,25,26)/b12-7+. The highest BCUT2D eigenvalue weighted by molar-refractivity contribution is 6.09. The van der Waals surface area contributed by atoms with Crippen LogP contribution in [0.25, 0.3) is 6.08 Å². The Balaban J connectivity index is 2.28. The number of carbonyl (C=O) groups is 1. The molecule has 0 saturated carbocycles. The second kappa shape index (κ2) is 9.41. The Labute approximate surface area is 157 Å². The van der Waals surface area contributed by atoms with Gasteiger partial charge in [0, 0.05) is 6.07 Å². The molecule has 0 unspecified atom stereocenters. The summed E-state index contributed by atoms with van der Waals surface area (Å²) in [7, 11) is 0. The maximum Gasteiger partial charge on any atom is 0.387 e. The number of ether oxygens (including phenoxy) is 2. The molecule has 0 bridgehead atoms. The first-order valence-corrected chi connectivity index (χ1v) is 7.94. The van der Waals surface area contributed by atoms with E-state index >= 15 is 0 Å². The smallest absolute Gasteiger partial charge is 0.387 e. The Bertz CT molecular complexity index is 939. The Morgan fingerprint density at radius 1 is 1.21 bits per heavy atom. The van der Waals surface area contributed by atoms with E-state index in [2.05, 4.69) is 10.1 Å². The molecule has 0 aliphatic rings. The van der Waals surface area contributed by atoms with E-state index in [1.807, 2.05) is 0 Å². The summed E-state index contributed by atoms with van der Waals surface area (Å²) >= 11 is 0. The lowest BCUT2D eigenvalue weighted by molar-refractivity contribution is -0.112. The third-order valence-corrected chi connectivity index (χ3v) is 3.34. The molecular weight excluding hydrogens is 380 g/mol. The van der Waals surface area contributed by atoms with Gasteiger partial charge in [-0.2, -0.15) is 14.0 Å². The summed E-state index contributed by atoms with van der Waals surface area (Å²) in [6.45, 7) is -1.24. The van der Waals surface area contributed by atoms with Gasteiger partial charge in [-0.15, -0.1) is 0 Å². The number of hydrogen-bond donors (Lipinski definition) is 1. The number of rotatable bonds is 7. The number of nitrogens with zero attached hydrogens (tertiary/aromatic N) is 1. The van der Waals surface area contributed by atoms with Crippen molar-refractivity contribution in [1.82, 2.24) is 0 Å². The first kappa shape index (κ1) is 20.8. The summed E-state index contributed by atoms with van der Waals surface area (Å²) < 4.78 is 61.0. The van der Waals surface area contributed by atoms with Crippen molar-refractivity contribution in [3.8, 4) is 17.6 Å². The van der Waals surface area contributed by atoms with Gasteiger partial charge in [-0.1, -0.05) is 6.07 Å².